The fourth-order valence-corrected chi connectivity index (χ4v) is 2.66. The Labute approximate surface area is 145 Å². The van der Waals surface area contributed by atoms with Crippen molar-refractivity contribution in [3.05, 3.63) is 47.4 Å². The van der Waals surface area contributed by atoms with Crippen molar-refractivity contribution in [1.82, 2.24) is 30.0 Å². The summed E-state index contributed by atoms with van der Waals surface area (Å²) in [6, 6.07) is 6.53. The maximum absolute atomic E-state index is 12.7. The smallest absolute Gasteiger partial charge is 0.373 e. The number of halogens is 3. The van der Waals surface area contributed by atoms with Gasteiger partial charge in [-0.3, -0.25) is 4.68 Å². The predicted octanol–water partition coefficient (Wildman–Crippen LogP) is 2.02. The number of fused-ring (bicyclic) bond motifs is 1. The van der Waals surface area contributed by atoms with Gasteiger partial charge in [0.25, 0.3) is 0 Å². The fraction of sp³-hybridized carbons (Fsp3) is 0.333. The highest BCUT2D eigenvalue weighted by Gasteiger charge is 2.30. The highest BCUT2D eigenvalue weighted by molar-refractivity contribution is 5.38. The van der Waals surface area contributed by atoms with E-state index in [1.165, 1.54) is 16.8 Å². The first-order valence-electron chi connectivity index (χ1n) is 7.84. The van der Waals surface area contributed by atoms with Crippen LogP contribution in [0.5, 0.6) is 0 Å². The Kier molecular flexibility index (Phi) is 4.07. The first-order chi connectivity index (χ1) is 12.5. The average Bonchev–Trinajstić information content (AvgIpc) is 3.25. The molecule has 0 radical (unpaired) electrons. The van der Waals surface area contributed by atoms with Gasteiger partial charge in [-0.15, -0.1) is 5.10 Å². The summed E-state index contributed by atoms with van der Waals surface area (Å²) < 4.78 is 46.6. The standard InChI is InChI=1S/C15H14F3N7O/c16-15(17,18)10-1-3-11(4-2-10)25-14(20-22-23-25)8-19-13-7-12-9-26-6-5-24(12)21-13/h1-4,7H,5-6,8-9H2,(H,19,21). The van der Waals surface area contributed by atoms with Gasteiger partial charge in [-0.1, -0.05) is 0 Å². The quantitative estimate of drug-likeness (QED) is 0.762. The van der Waals surface area contributed by atoms with Crippen LogP contribution >= 0.6 is 0 Å². The van der Waals surface area contributed by atoms with Crippen LogP contribution in [0.4, 0.5) is 19.0 Å². The van der Waals surface area contributed by atoms with Gasteiger partial charge in [-0.25, -0.2) is 0 Å². The number of anilines is 1. The predicted molar refractivity (Wildman–Crippen MR) is 83.4 cm³/mol. The van der Waals surface area contributed by atoms with Gasteiger partial charge in [-0.2, -0.15) is 23.0 Å². The van der Waals surface area contributed by atoms with E-state index in [0.29, 0.717) is 37.1 Å². The van der Waals surface area contributed by atoms with Gasteiger partial charge in [0.05, 0.1) is 43.2 Å². The van der Waals surface area contributed by atoms with Crippen molar-refractivity contribution in [1.29, 1.82) is 0 Å². The Balaban J connectivity index is 1.49. The first kappa shape index (κ1) is 16.5. The van der Waals surface area contributed by atoms with E-state index in [1.807, 2.05) is 10.7 Å². The van der Waals surface area contributed by atoms with Crippen molar-refractivity contribution in [2.45, 2.75) is 25.9 Å². The minimum atomic E-state index is -4.38. The summed E-state index contributed by atoms with van der Waals surface area (Å²) >= 11 is 0. The second-order valence-corrected chi connectivity index (χ2v) is 5.70. The lowest BCUT2D eigenvalue weighted by molar-refractivity contribution is -0.137. The van der Waals surface area contributed by atoms with E-state index >= 15 is 0 Å². The van der Waals surface area contributed by atoms with E-state index in [4.69, 9.17) is 4.74 Å². The topological polar surface area (TPSA) is 82.7 Å². The number of nitrogens with one attached hydrogen (secondary N) is 1. The number of benzene rings is 1. The molecule has 8 nitrogen and oxygen atoms in total. The van der Waals surface area contributed by atoms with Gasteiger partial charge >= 0.3 is 6.18 Å². The zero-order valence-electron chi connectivity index (χ0n) is 13.4. The number of aromatic nitrogens is 6. The van der Waals surface area contributed by atoms with Crippen LogP contribution in [0.2, 0.25) is 0 Å². The lowest BCUT2D eigenvalue weighted by Gasteiger charge is -2.12. The molecule has 11 heteroatoms. The second kappa shape index (κ2) is 6.41. The second-order valence-electron chi connectivity index (χ2n) is 5.70. The first-order valence-corrected chi connectivity index (χ1v) is 7.84. The van der Waals surface area contributed by atoms with Gasteiger partial charge in [0.1, 0.15) is 5.82 Å². The van der Waals surface area contributed by atoms with Crippen molar-refractivity contribution in [3.8, 4) is 5.69 Å². The number of nitrogens with zero attached hydrogens (tertiary/aromatic N) is 6. The number of hydrogen-bond acceptors (Lipinski definition) is 6. The van der Waals surface area contributed by atoms with Crippen LogP contribution in [-0.2, 0) is 30.6 Å². The highest BCUT2D eigenvalue weighted by atomic mass is 19.4. The van der Waals surface area contributed by atoms with Crippen LogP contribution in [0.15, 0.2) is 30.3 Å². The van der Waals surface area contributed by atoms with Crippen LogP contribution in [-0.4, -0.2) is 36.6 Å². The third kappa shape index (κ3) is 3.25. The minimum Gasteiger partial charge on any atom is -0.373 e. The van der Waals surface area contributed by atoms with E-state index < -0.39 is 11.7 Å². The normalized spacial score (nSPS) is 14.3. The molecule has 26 heavy (non-hydrogen) atoms. The molecule has 1 aliphatic heterocycles. The van der Waals surface area contributed by atoms with Crippen molar-refractivity contribution < 1.29 is 17.9 Å². The molecule has 2 aromatic heterocycles. The molecule has 4 rings (SSSR count). The van der Waals surface area contributed by atoms with Gasteiger partial charge in [0.2, 0.25) is 0 Å². The van der Waals surface area contributed by atoms with Crippen LogP contribution in [0.3, 0.4) is 0 Å². The molecule has 3 heterocycles. The highest BCUT2D eigenvalue weighted by Crippen LogP contribution is 2.29. The van der Waals surface area contributed by atoms with Crippen LogP contribution in [0.1, 0.15) is 17.1 Å². The molecule has 0 bridgehead atoms. The van der Waals surface area contributed by atoms with Crippen molar-refractivity contribution in [2.75, 3.05) is 11.9 Å². The molecule has 0 fully saturated rings. The molecule has 0 spiro atoms. The van der Waals surface area contributed by atoms with Crippen molar-refractivity contribution in [2.24, 2.45) is 0 Å². The Morgan fingerprint density at radius 2 is 2.00 bits per heavy atom. The van der Waals surface area contributed by atoms with Crippen molar-refractivity contribution >= 4 is 5.82 Å². The monoisotopic (exact) mass is 365 g/mol. The molecule has 0 saturated carbocycles. The molecule has 1 aromatic carbocycles. The average molecular weight is 365 g/mol. The maximum Gasteiger partial charge on any atom is 0.416 e. The summed E-state index contributed by atoms with van der Waals surface area (Å²) in [5, 5.41) is 18.9. The van der Waals surface area contributed by atoms with E-state index in [9.17, 15) is 13.2 Å². The zero-order valence-corrected chi connectivity index (χ0v) is 13.4. The van der Waals surface area contributed by atoms with Crippen molar-refractivity contribution in [3.63, 3.8) is 0 Å². The largest absolute Gasteiger partial charge is 0.416 e. The Bertz CT molecular complexity index is 877. The Hall–Kier alpha value is -2.95. The molecule has 3 aromatic rings. The van der Waals surface area contributed by atoms with E-state index in [2.05, 4.69) is 25.9 Å². The van der Waals surface area contributed by atoms with E-state index in [0.717, 1.165) is 17.8 Å². The summed E-state index contributed by atoms with van der Waals surface area (Å²) in [6.07, 6.45) is -4.38. The van der Waals surface area contributed by atoms with Gasteiger partial charge in [0, 0.05) is 6.07 Å². The molecular formula is C15H14F3N7O. The molecule has 1 aliphatic rings. The Morgan fingerprint density at radius 3 is 2.73 bits per heavy atom. The number of tetrazole rings is 1. The summed E-state index contributed by atoms with van der Waals surface area (Å²) in [7, 11) is 0. The van der Waals surface area contributed by atoms with Gasteiger partial charge < -0.3 is 10.1 Å². The third-order valence-electron chi connectivity index (χ3n) is 3.96. The number of hydrogen-bond donors (Lipinski definition) is 1. The van der Waals surface area contributed by atoms with E-state index in [1.54, 1.807) is 0 Å². The number of alkyl halides is 3. The van der Waals surface area contributed by atoms with Crippen LogP contribution in [0.25, 0.3) is 5.69 Å². The molecule has 0 saturated heterocycles. The number of ether oxygens (including phenoxy) is 1. The summed E-state index contributed by atoms with van der Waals surface area (Å²) in [5.74, 6) is 1.11. The van der Waals surface area contributed by atoms with Gasteiger partial charge in [-0.05, 0) is 34.7 Å². The lowest BCUT2D eigenvalue weighted by Crippen LogP contribution is -2.17. The molecule has 0 atom stereocenters. The number of rotatable bonds is 4. The fourth-order valence-electron chi connectivity index (χ4n) is 2.66. The summed E-state index contributed by atoms with van der Waals surface area (Å²) in [5.41, 5.74) is 0.693. The maximum atomic E-state index is 12.7. The zero-order chi connectivity index (χ0) is 18.1. The summed E-state index contributed by atoms with van der Waals surface area (Å²) in [6.45, 7) is 2.10. The molecule has 0 aliphatic carbocycles. The third-order valence-corrected chi connectivity index (χ3v) is 3.96. The van der Waals surface area contributed by atoms with E-state index in [-0.39, 0.29) is 6.54 Å². The molecular weight excluding hydrogens is 351 g/mol. The molecule has 0 unspecified atom stereocenters. The molecule has 1 N–H and O–H groups in total. The minimum absolute atomic E-state index is 0.269. The molecule has 0 amide bonds. The SMILES string of the molecule is FC(F)(F)c1ccc(-n2nnnc2CNc2cc3n(n2)CCOC3)cc1. The molecule has 136 valence electrons. The summed E-state index contributed by atoms with van der Waals surface area (Å²) in [4.78, 5) is 0. The van der Waals surface area contributed by atoms with Gasteiger partial charge in [0.15, 0.2) is 5.82 Å². The van der Waals surface area contributed by atoms with Crippen LogP contribution < -0.4 is 5.32 Å². The lowest BCUT2D eigenvalue weighted by atomic mass is 10.2. The Morgan fingerprint density at radius 1 is 1.19 bits per heavy atom. The van der Waals surface area contributed by atoms with Crippen LogP contribution in [0, 0.1) is 0 Å².